The molecular weight excluding hydrogens is 316 g/mol. The minimum atomic E-state index is 0.384. The van der Waals surface area contributed by atoms with Crippen molar-refractivity contribution in [3.63, 3.8) is 0 Å². The predicted octanol–water partition coefficient (Wildman–Crippen LogP) is 3.46. The monoisotopic (exact) mass is 344 g/mol. The van der Waals surface area contributed by atoms with Crippen molar-refractivity contribution < 1.29 is 4.74 Å². The molecule has 3 heterocycles. The summed E-state index contributed by atoms with van der Waals surface area (Å²) < 4.78 is 4.75. The Morgan fingerprint density at radius 1 is 1.24 bits per heavy atom. The summed E-state index contributed by atoms with van der Waals surface area (Å²) in [5.41, 5.74) is 1.22. The van der Waals surface area contributed by atoms with E-state index in [4.69, 9.17) is 4.74 Å². The van der Waals surface area contributed by atoms with Crippen LogP contribution in [0.25, 0.3) is 0 Å². The number of rotatable bonds is 5. The van der Waals surface area contributed by atoms with Gasteiger partial charge in [0.15, 0.2) is 5.82 Å². The smallest absolute Gasteiger partial charge is 0.227 e. The zero-order chi connectivity index (χ0) is 17.6. The summed E-state index contributed by atoms with van der Waals surface area (Å²) in [7, 11) is 1.70. The van der Waals surface area contributed by atoms with Crippen LogP contribution in [0, 0.1) is 0 Å². The van der Waals surface area contributed by atoms with E-state index in [9.17, 15) is 0 Å². The van der Waals surface area contributed by atoms with Gasteiger partial charge in [-0.25, -0.2) is 4.98 Å². The van der Waals surface area contributed by atoms with Gasteiger partial charge in [-0.15, -0.1) is 0 Å². The highest BCUT2D eigenvalue weighted by molar-refractivity contribution is 5.53. The number of nitrogens with one attached hydrogen (secondary N) is 2. The average Bonchev–Trinajstić information content (AvgIpc) is 3.12. The molecule has 0 atom stereocenters. The van der Waals surface area contributed by atoms with Crippen molar-refractivity contribution in [2.45, 2.75) is 51.6 Å². The fourth-order valence-electron chi connectivity index (χ4n) is 2.62. The number of hydrogen-bond donors (Lipinski definition) is 2. The van der Waals surface area contributed by atoms with Crippen LogP contribution in [0.3, 0.4) is 0 Å². The second kappa shape index (κ2) is 8.29. The molecule has 0 unspecified atom stereocenters. The van der Waals surface area contributed by atoms with Crippen molar-refractivity contribution in [3.8, 4) is 0 Å². The summed E-state index contributed by atoms with van der Waals surface area (Å²) in [4.78, 5) is 11.2. The van der Waals surface area contributed by atoms with E-state index < -0.39 is 0 Å². The largest absolute Gasteiger partial charge is 0.382 e. The van der Waals surface area contributed by atoms with Crippen LogP contribution in [0.15, 0.2) is 18.3 Å². The van der Waals surface area contributed by atoms with Gasteiger partial charge < -0.3 is 15.0 Å². The summed E-state index contributed by atoms with van der Waals surface area (Å²) in [6, 6.07) is 3.96. The predicted molar refractivity (Wildman–Crippen MR) is 99.5 cm³/mol. The van der Waals surface area contributed by atoms with Gasteiger partial charge in [-0.3, -0.25) is 5.10 Å². The molecule has 1 saturated carbocycles. The van der Waals surface area contributed by atoms with Gasteiger partial charge in [0.05, 0.1) is 6.10 Å². The highest BCUT2D eigenvalue weighted by Crippen LogP contribution is 2.39. The minimum Gasteiger partial charge on any atom is -0.382 e. The molecule has 2 N–H and O–H groups in total. The van der Waals surface area contributed by atoms with E-state index in [1.807, 2.05) is 19.9 Å². The highest BCUT2D eigenvalue weighted by atomic mass is 16.5. The Kier molecular flexibility index (Phi) is 5.86. The number of aromatic amines is 1. The molecule has 7 nitrogen and oxygen atoms in total. The summed E-state index contributed by atoms with van der Waals surface area (Å²) in [5, 5.41) is 10.6. The van der Waals surface area contributed by atoms with Gasteiger partial charge in [0, 0.05) is 44.1 Å². The lowest BCUT2D eigenvalue weighted by molar-refractivity contribution is 0.134. The third kappa shape index (κ3) is 5.16. The van der Waals surface area contributed by atoms with Crippen LogP contribution in [0.1, 0.15) is 51.1 Å². The Hall–Kier alpha value is -2.15. The van der Waals surface area contributed by atoms with E-state index in [2.05, 4.69) is 36.4 Å². The molecule has 7 heteroatoms. The first-order valence-corrected chi connectivity index (χ1v) is 9.09. The summed E-state index contributed by atoms with van der Waals surface area (Å²) in [6.45, 7) is 6.11. The van der Waals surface area contributed by atoms with Gasteiger partial charge in [-0.2, -0.15) is 10.1 Å². The molecule has 2 aromatic rings. The van der Waals surface area contributed by atoms with Crippen LogP contribution < -0.4 is 10.2 Å². The van der Waals surface area contributed by atoms with Crippen LogP contribution >= 0.6 is 0 Å². The molecule has 25 heavy (non-hydrogen) atoms. The molecule has 1 aliphatic heterocycles. The number of anilines is 3. The molecule has 0 radical (unpaired) electrons. The summed E-state index contributed by atoms with van der Waals surface area (Å²) >= 11 is 0. The lowest BCUT2D eigenvalue weighted by Crippen LogP contribution is -2.20. The molecule has 2 aromatic heterocycles. The molecule has 2 aliphatic rings. The SMILES string of the molecule is COC(C)C.c1cc(Nc2cc(C3CC3)[nH]n2)nc(N2CCCC2)n1. The van der Waals surface area contributed by atoms with Gasteiger partial charge in [-0.1, -0.05) is 0 Å². The van der Waals surface area contributed by atoms with E-state index in [1.54, 1.807) is 13.3 Å². The van der Waals surface area contributed by atoms with Crippen molar-refractivity contribution in [1.29, 1.82) is 0 Å². The van der Waals surface area contributed by atoms with Gasteiger partial charge in [0.25, 0.3) is 0 Å². The lowest BCUT2D eigenvalue weighted by Gasteiger charge is -2.15. The molecule has 4 rings (SSSR count). The number of ether oxygens (including phenoxy) is 1. The fourth-order valence-corrected chi connectivity index (χ4v) is 2.62. The molecule has 1 saturated heterocycles. The molecule has 2 fully saturated rings. The second-order valence-electron chi connectivity index (χ2n) is 6.83. The number of methoxy groups -OCH3 is 1. The third-order valence-corrected chi connectivity index (χ3v) is 4.37. The fraction of sp³-hybridized carbons (Fsp3) is 0.611. The van der Waals surface area contributed by atoms with Crippen molar-refractivity contribution in [3.05, 3.63) is 24.0 Å². The minimum absolute atomic E-state index is 0.384. The number of hydrogen-bond acceptors (Lipinski definition) is 6. The first kappa shape index (κ1) is 17.7. The first-order valence-electron chi connectivity index (χ1n) is 9.09. The Bertz CT molecular complexity index is 661. The van der Waals surface area contributed by atoms with Crippen LogP contribution in [0.5, 0.6) is 0 Å². The van der Waals surface area contributed by atoms with E-state index in [1.165, 1.54) is 31.4 Å². The van der Waals surface area contributed by atoms with Crippen LogP contribution in [0.2, 0.25) is 0 Å². The van der Waals surface area contributed by atoms with Crippen LogP contribution in [0.4, 0.5) is 17.6 Å². The standard InChI is InChI=1S/C14H18N6.C4H10O/c1-2-8-20(7-1)14-15-6-5-12(17-14)16-13-9-11(18-19-13)10-3-4-10;1-4(2)5-3/h5-6,9-10H,1-4,7-8H2,(H2,15,16,17,18,19);4H,1-3H3. The number of H-pyrrole nitrogens is 1. The Balaban J connectivity index is 0.000000324. The topological polar surface area (TPSA) is 79.0 Å². The highest BCUT2D eigenvalue weighted by Gasteiger charge is 2.25. The molecule has 1 aliphatic carbocycles. The average molecular weight is 344 g/mol. The Labute approximate surface area is 149 Å². The van der Waals surface area contributed by atoms with Crippen molar-refractivity contribution in [2.75, 3.05) is 30.4 Å². The van der Waals surface area contributed by atoms with E-state index in [-0.39, 0.29) is 0 Å². The Morgan fingerprint density at radius 3 is 2.60 bits per heavy atom. The van der Waals surface area contributed by atoms with E-state index >= 15 is 0 Å². The molecular formula is C18H28N6O. The molecule has 0 aromatic carbocycles. The summed E-state index contributed by atoms with van der Waals surface area (Å²) in [5.74, 6) is 3.13. The lowest BCUT2D eigenvalue weighted by atomic mass is 10.3. The normalized spacial score (nSPS) is 16.7. The number of nitrogens with zero attached hydrogens (tertiary/aromatic N) is 4. The van der Waals surface area contributed by atoms with Crippen LogP contribution in [-0.4, -0.2) is 46.5 Å². The van der Waals surface area contributed by atoms with Crippen molar-refractivity contribution in [1.82, 2.24) is 20.2 Å². The zero-order valence-electron chi connectivity index (χ0n) is 15.3. The maximum Gasteiger partial charge on any atom is 0.227 e. The first-order chi connectivity index (χ1) is 12.2. The van der Waals surface area contributed by atoms with E-state index in [0.29, 0.717) is 12.0 Å². The third-order valence-electron chi connectivity index (χ3n) is 4.37. The van der Waals surface area contributed by atoms with Gasteiger partial charge in [-0.05, 0) is 45.6 Å². The quantitative estimate of drug-likeness (QED) is 0.865. The number of aromatic nitrogens is 4. The maximum atomic E-state index is 4.75. The van der Waals surface area contributed by atoms with Gasteiger partial charge in [0.1, 0.15) is 5.82 Å². The van der Waals surface area contributed by atoms with Gasteiger partial charge >= 0.3 is 0 Å². The van der Waals surface area contributed by atoms with E-state index in [0.717, 1.165) is 30.7 Å². The Morgan fingerprint density at radius 2 is 1.96 bits per heavy atom. The molecule has 0 spiro atoms. The molecule has 136 valence electrons. The van der Waals surface area contributed by atoms with Gasteiger partial charge in [0.2, 0.25) is 5.95 Å². The summed E-state index contributed by atoms with van der Waals surface area (Å²) in [6.07, 6.45) is 7.19. The van der Waals surface area contributed by atoms with Crippen molar-refractivity contribution in [2.24, 2.45) is 0 Å². The van der Waals surface area contributed by atoms with Crippen LogP contribution in [-0.2, 0) is 4.74 Å². The molecule has 0 bridgehead atoms. The van der Waals surface area contributed by atoms with Crippen molar-refractivity contribution >= 4 is 17.6 Å². The zero-order valence-corrected chi connectivity index (χ0v) is 15.3. The second-order valence-corrected chi connectivity index (χ2v) is 6.83. The molecule has 0 amide bonds. The maximum absolute atomic E-state index is 4.75.